The number of benzene rings is 1. The number of amides is 2. The van der Waals surface area contributed by atoms with E-state index in [2.05, 4.69) is 79.4 Å². The monoisotopic (exact) mass is 928 g/mol. The summed E-state index contributed by atoms with van der Waals surface area (Å²) in [4.78, 5) is 66.1. The Kier molecular flexibility index (Phi) is 11.8. The Hall–Kier alpha value is -5.33. The van der Waals surface area contributed by atoms with Gasteiger partial charge in [-0.15, -0.1) is 11.3 Å². The molecule has 6 bridgehead atoms. The lowest BCUT2D eigenvalue weighted by Gasteiger charge is -2.44. The number of esters is 1. The van der Waals surface area contributed by atoms with E-state index in [-0.39, 0.29) is 42.8 Å². The van der Waals surface area contributed by atoms with Crippen molar-refractivity contribution in [2.24, 2.45) is 11.3 Å². The fraction of sp³-hybridized carbons (Fsp3) is 0.540. The third-order valence-electron chi connectivity index (χ3n) is 14.8. The van der Waals surface area contributed by atoms with Gasteiger partial charge in [-0.1, -0.05) is 13.8 Å². The van der Waals surface area contributed by atoms with E-state index >= 15 is 0 Å². The van der Waals surface area contributed by atoms with E-state index in [1.165, 1.54) is 39.3 Å². The Morgan fingerprint density at radius 3 is 2.78 bits per heavy atom. The molecule has 1 aromatic carbocycles. The molecule has 67 heavy (non-hydrogen) atoms. The number of hydrogen-bond donors (Lipinski definition) is 2. The van der Waals surface area contributed by atoms with Crippen LogP contribution in [0.1, 0.15) is 85.9 Å². The van der Waals surface area contributed by atoms with E-state index in [0.717, 1.165) is 109 Å². The Balaban J connectivity index is 1.01. The van der Waals surface area contributed by atoms with Gasteiger partial charge in [0.1, 0.15) is 18.4 Å². The van der Waals surface area contributed by atoms with E-state index in [9.17, 15) is 14.4 Å². The number of pyridine rings is 1. The largest absolute Gasteiger partial charge is 0.464 e. The summed E-state index contributed by atoms with van der Waals surface area (Å²) < 4.78 is 20.7. The van der Waals surface area contributed by atoms with Gasteiger partial charge >= 0.3 is 5.97 Å². The van der Waals surface area contributed by atoms with Crippen molar-refractivity contribution in [3.63, 3.8) is 0 Å². The van der Waals surface area contributed by atoms with Crippen molar-refractivity contribution >= 4 is 45.7 Å². The van der Waals surface area contributed by atoms with Crippen LogP contribution < -0.4 is 15.6 Å². The third kappa shape index (κ3) is 8.62. The van der Waals surface area contributed by atoms with E-state index in [1.807, 2.05) is 6.20 Å². The van der Waals surface area contributed by atoms with Crippen LogP contribution >= 0.6 is 11.3 Å². The highest BCUT2D eigenvalue weighted by molar-refractivity contribution is 7.10. The highest BCUT2D eigenvalue weighted by Crippen LogP contribution is 2.48. The highest BCUT2D eigenvalue weighted by Gasteiger charge is 2.46. The molecule has 4 aromatic heterocycles. The number of carbonyl (C=O) groups excluding carboxylic acids is 3. The van der Waals surface area contributed by atoms with Crippen molar-refractivity contribution in [3.05, 3.63) is 75.9 Å². The number of hydrazine groups is 1. The van der Waals surface area contributed by atoms with Crippen LogP contribution in [0.25, 0.3) is 33.4 Å². The number of fused-ring (bicyclic) bond motifs is 7. The summed E-state index contributed by atoms with van der Waals surface area (Å²) in [5.41, 5.74) is 13.3. The number of piperazine rings is 1. The van der Waals surface area contributed by atoms with Crippen LogP contribution in [0.4, 0.5) is 5.69 Å². The van der Waals surface area contributed by atoms with E-state index in [0.29, 0.717) is 38.3 Å². The molecule has 0 unspecified atom stereocenters. The lowest BCUT2D eigenvalue weighted by atomic mass is 9.84. The van der Waals surface area contributed by atoms with Crippen LogP contribution in [0.2, 0.25) is 0 Å². The molecule has 17 heteroatoms. The van der Waals surface area contributed by atoms with Crippen LogP contribution in [0.15, 0.2) is 48.5 Å². The molecule has 6 atom stereocenters. The maximum Gasteiger partial charge on any atom is 0.324 e. The molecule has 5 aromatic rings. The molecule has 2 amide bonds. The van der Waals surface area contributed by atoms with Crippen LogP contribution in [0, 0.1) is 11.3 Å². The first-order valence-electron chi connectivity index (χ1n) is 24.0. The second kappa shape index (κ2) is 18.0. The Morgan fingerprint density at radius 2 is 1.93 bits per heavy atom. The minimum atomic E-state index is -0.903. The quantitative estimate of drug-likeness (QED) is 0.204. The maximum atomic E-state index is 14.5. The second-order valence-corrected chi connectivity index (χ2v) is 21.0. The van der Waals surface area contributed by atoms with E-state index in [4.69, 9.17) is 24.2 Å². The molecule has 4 fully saturated rings. The predicted molar refractivity (Wildman–Crippen MR) is 253 cm³/mol. The van der Waals surface area contributed by atoms with Crippen molar-refractivity contribution in [1.29, 1.82) is 0 Å². The fourth-order valence-corrected chi connectivity index (χ4v) is 12.0. The van der Waals surface area contributed by atoms with Gasteiger partial charge in [0, 0.05) is 98.4 Å². The lowest BCUT2D eigenvalue weighted by Crippen LogP contribution is -2.60. The number of nitrogens with one attached hydrogen (secondary N) is 2. The third-order valence-corrected chi connectivity index (χ3v) is 15.7. The summed E-state index contributed by atoms with van der Waals surface area (Å²) in [6, 6.07) is 5.63. The molecule has 6 aliphatic rings. The molecule has 1 saturated carbocycles. The summed E-state index contributed by atoms with van der Waals surface area (Å²) >= 11 is 1.50. The van der Waals surface area contributed by atoms with Crippen molar-refractivity contribution < 1.29 is 28.6 Å². The fourth-order valence-electron chi connectivity index (χ4n) is 11.1. The van der Waals surface area contributed by atoms with Gasteiger partial charge < -0.3 is 29.0 Å². The van der Waals surface area contributed by atoms with E-state index < -0.39 is 23.5 Å². The smallest absolute Gasteiger partial charge is 0.324 e. The molecule has 352 valence electrons. The van der Waals surface area contributed by atoms with Crippen molar-refractivity contribution in [3.8, 4) is 22.5 Å². The maximum absolute atomic E-state index is 14.5. The molecular weight excluding hydrogens is 869 g/mol. The summed E-state index contributed by atoms with van der Waals surface area (Å²) in [5.74, 6) is -1.19. The van der Waals surface area contributed by atoms with Gasteiger partial charge in [-0.05, 0) is 86.3 Å². The molecule has 3 saturated heterocycles. The zero-order valence-electron chi connectivity index (χ0n) is 38.8. The van der Waals surface area contributed by atoms with Gasteiger partial charge in [0.05, 0.1) is 71.5 Å². The number of methoxy groups -OCH3 is 1. The summed E-state index contributed by atoms with van der Waals surface area (Å²) in [7, 11) is 1.74. The van der Waals surface area contributed by atoms with Gasteiger partial charge in [-0.2, -0.15) is 0 Å². The number of morpholine rings is 1. The molecule has 11 rings (SSSR count). The first kappa shape index (κ1) is 44.2. The molecule has 1 aliphatic carbocycles. The van der Waals surface area contributed by atoms with Gasteiger partial charge in [0.2, 0.25) is 5.91 Å². The molecule has 2 N–H and O–H groups in total. The number of rotatable bonds is 7. The molecule has 0 spiro atoms. The summed E-state index contributed by atoms with van der Waals surface area (Å²) in [6.45, 7) is 13.1. The van der Waals surface area contributed by atoms with Gasteiger partial charge in [0.15, 0.2) is 0 Å². The molecule has 9 heterocycles. The normalized spacial score (nSPS) is 25.8. The molecule has 5 aliphatic heterocycles. The van der Waals surface area contributed by atoms with E-state index in [1.54, 1.807) is 19.5 Å². The Bertz CT molecular complexity index is 2710. The minimum Gasteiger partial charge on any atom is -0.464 e. The minimum absolute atomic E-state index is 0.00201. The van der Waals surface area contributed by atoms with Gasteiger partial charge in [-0.3, -0.25) is 29.3 Å². The number of carbonyl (C=O) groups is 3. The van der Waals surface area contributed by atoms with Crippen molar-refractivity contribution in [1.82, 2.24) is 45.2 Å². The number of anilines is 1. The van der Waals surface area contributed by atoms with Crippen LogP contribution in [-0.2, 0) is 54.4 Å². The molecular formula is C50H60N10O6S. The first-order valence-corrected chi connectivity index (χ1v) is 24.9. The predicted octanol–water partition coefficient (Wildman–Crippen LogP) is 5.24. The average molecular weight is 929 g/mol. The lowest BCUT2D eigenvalue weighted by molar-refractivity contribution is -0.155. The number of nitrogens with zero attached hydrogens (tertiary/aromatic N) is 8. The Morgan fingerprint density at radius 1 is 1.06 bits per heavy atom. The number of aromatic nitrogens is 5. The summed E-state index contributed by atoms with van der Waals surface area (Å²) in [5, 5.41) is 8.57. The zero-order valence-corrected chi connectivity index (χ0v) is 39.6. The van der Waals surface area contributed by atoms with Crippen LogP contribution in [0.5, 0.6) is 0 Å². The zero-order chi connectivity index (χ0) is 46.0. The SMILES string of the molecule is CO[C@@H](C)c1ncc(N2CCN3CCOC[C@@H]3C2)cc1-c1c2c3cc(cc4c3n1CCC4)-c1csc(n1)C[C@H](NC(=O)[C@H]1C[C@@H]1c1cncnc1)C(=O)N1CCC[C@H](N1)C(=O)OCC(C)(C)C2. The van der Waals surface area contributed by atoms with Crippen LogP contribution in [-0.4, -0.2) is 130 Å². The number of cyclic esters (lactones) is 1. The van der Waals surface area contributed by atoms with Crippen molar-refractivity contribution in [2.45, 2.75) is 102 Å². The standard InChI is InChI=1S/C50H60N10O6S/c1-29(64-4)44-38(17-33(23-53-44)58-12-11-57-13-14-65-25-34(57)24-58)46-39-20-50(2,3)27-66-49(63)40-8-6-10-60(56-40)48(62)41(55-47(61)37-18-35(37)32-21-51-28-52-22-32)19-43-54-42(26-67-43)31-15-30-7-5-9-59(46)45(30)36(39)16-31/h15-17,21-23,26,28-29,34-35,37,40-41,56H,5-14,18-20,24-25,27H2,1-4H3,(H,55,61)/t29-,34-,35+,37-,40-,41-/m0/s1. The van der Waals surface area contributed by atoms with Crippen molar-refractivity contribution in [2.75, 3.05) is 64.6 Å². The number of ether oxygens (including phenoxy) is 3. The number of thiazole rings is 1. The Labute approximate surface area is 394 Å². The average Bonchev–Trinajstić information content (AvgIpc) is 3.94. The second-order valence-electron chi connectivity index (χ2n) is 20.1. The first-order chi connectivity index (χ1) is 32.5. The van der Waals surface area contributed by atoms with Gasteiger partial charge in [-0.25, -0.2) is 20.4 Å². The number of aryl methyl sites for hydroxylation is 2. The van der Waals surface area contributed by atoms with Crippen LogP contribution in [0.3, 0.4) is 0 Å². The molecule has 0 radical (unpaired) electrons. The summed E-state index contributed by atoms with van der Waals surface area (Å²) in [6.07, 6.45) is 11.2. The highest BCUT2D eigenvalue weighted by atomic mass is 32.1. The molecule has 16 nitrogen and oxygen atoms in total. The number of hydrogen-bond acceptors (Lipinski definition) is 14. The topological polar surface area (TPSA) is 169 Å². The van der Waals surface area contributed by atoms with Gasteiger partial charge in [0.25, 0.3) is 5.91 Å².